The number of anilines is 1. The summed E-state index contributed by atoms with van der Waals surface area (Å²) < 4.78 is 5.25. The summed E-state index contributed by atoms with van der Waals surface area (Å²) in [5.74, 6) is 0.384. The molecule has 0 bridgehead atoms. The van der Waals surface area contributed by atoms with E-state index < -0.39 is 0 Å². The van der Waals surface area contributed by atoms with Crippen molar-refractivity contribution in [2.45, 2.75) is 13.3 Å². The Kier molecular flexibility index (Phi) is 3.79. The SMILES string of the molecule is Cc1ccccc1N(C)CC(=O)C1CCOC1. The molecule has 0 amide bonds. The molecule has 0 spiro atoms. The number of carbonyl (C=O) groups excluding carboxylic acids is 1. The number of likely N-dealkylation sites (N-methyl/N-ethyl adjacent to an activating group) is 1. The van der Waals surface area contributed by atoms with E-state index in [-0.39, 0.29) is 11.7 Å². The van der Waals surface area contributed by atoms with Crippen molar-refractivity contribution in [2.24, 2.45) is 5.92 Å². The molecule has 1 aliphatic rings. The van der Waals surface area contributed by atoms with Crippen molar-refractivity contribution in [2.75, 3.05) is 31.7 Å². The molecule has 92 valence electrons. The molecular weight excluding hydrogens is 214 g/mol. The molecule has 3 heteroatoms. The van der Waals surface area contributed by atoms with Gasteiger partial charge >= 0.3 is 0 Å². The zero-order valence-electron chi connectivity index (χ0n) is 10.5. The monoisotopic (exact) mass is 233 g/mol. The summed E-state index contributed by atoms with van der Waals surface area (Å²) in [6.07, 6.45) is 0.875. The summed E-state index contributed by atoms with van der Waals surface area (Å²) in [5.41, 5.74) is 2.32. The summed E-state index contributed by atoms with van der Waals surface area (Å²) in [6.45, 7) is 3.86. The van der Waals surface area contributed by atoms with Crippen LogP contribution < -0.4 is 4.90 Å². The third-order valence-electron chi connectivity index (χ3n) is 3.30. The predicted octanol–water partition coefficient (Wildman–Crippen LogP) is 2.04. The molecule has 0 aliphatic carbocycles. The minimum atomic E-state index is 0.0986. The number of para-hydroxylation sites is 1. The molecule has 1 unspecified atom stereocenters. The predicted molar refractivity (Wildman–Crippen MR) is 68.4 cm³/mol. The van der Waals surface area contributed by atoms with E-state index in [0.29, 0.717) is 13.2 Å². The molecule has 17 heavy (non-hydrogen) atoms. The maximum absolute atomic E-state index is 12.0. The van der Waals surface area contributed by atoms with E-state index in [1.54, 1.807) is 0 Å². The van der Waals surface area contributed by atoms with Gasteiger partial charge in [0.25, 0.3) is 0 Å². The van der Waals surface area contributed by atoms with Crippen LogP contribution in [0.2, 0.25) is 0 Å². The molecule has 1 aromatic carbocycles. The Bertz CT molecular complexity index is 397. The molecule has 1 atom stereocenters. The number of Topliss-reactive ketones (excluding diaryl/α,β-unsaturated/α-hetero) is 1. The summed E-state index contributed by atoms with van der Waals surface area (Å²) >= 11 is 0. The Morgan fingerprint density at radius 1 is 1.47 bits per heavy atom. The number of aryl methyl sites for hydroxylation is 1. The van der Waals surface area contributed by atoms with Crippen LogP contribution in [0.1, 0.15) is 12.0 Å². The maximum atomic E-state index is 12.0. The molecule has 3 nitrogen and oxygen atoms in total. The van der Waals surface area contributed by atoms with Crippen molar-refractivity contribution in [3.63, 3.8) is 0 Å². The first kappa shape index (κ1) is 12.1. The highest BCUT2D eigenvalue weighted by Gasteiger charge is 2.24. The van der Waals surface area contributed by atoms with Crippen LogP contribution in [0, 0.1) is 12.8 Å². The van der Waals surface area contributed by atoms with Crippen LogP contribution in [0.4, 0.5) is 5.69 Å². The van der Waals surface area contributed by atoms with Crippen LogP contribution in [0.15, 0.2) is 24.3 Å². The molecule has 1 aromatic rings. The highest BCUT2D eigenvalue weighted by Crippen LogP contribution is 2.19. The lowest BCUT2D eigenvalue weighted by molar-refractivity contribution is -0.121. The summed E-state index contributed by atoms with van der Waals surface area (Å²) in [5, 5.41) is 0. The van der Waals surface area contributed by atoms with Crippen LogP contribution in [-0.4, -0.2) is 32.6 Å². The second-order valence-electron chi connectivity index (χ2n) is 4.67. The van der Waals surface area contributed by atoms with Gasteiger partial charge in [-0.3, -0.25) is 4.79 Å². The van der Waals surface area contributed by atoms with Crippen LogP contribution >= 0.6 is 0 Å². The quantitative estimate of drug-likeness (QED) is 0.797. The van der Waals surface area contributed by atoms with Crippen molar-refractivity contribution in [1.82, 2.24) is 0 Å². The van der Waals surface area contributed by atoms with Gasteiger partial charge in [-0.1, -0.05) is 18.2 Å². The molecule has 0 N–H and O–H groups in total. The van der Waals surface area contributed by atoms with Crippen LogP contribution in [0.5, 0.6) is 0 Å². The first-order valence-corrected chi connectivity index (χ1v) is 6.05. The zero-order valence-corrected chi connectivity index (χ0v) is 10.5. The lowest BCUT2D eigenvalue weighted by atomic mass is 10.0. The number of hydrogen-bond acceptors (Lipinski definition) is 3. The third kappa shape index (κ3) is 2.86. The Hall–Kier alpha value is -1.35. The third-order valence-corrected chi connectivity index (χ3v) is 3.30. The number of benzene rings is 1. The molecule has 0 aromatic heterocycles. The average Bonchev–Trinajstić information content (AvgIpc) is 2.82. The van der Waals surface area contributed by atoms with Crippen LogP contribution in [-0.2, 0) is 9.53 Å². The Balaban J connectivity index is 1.99. The largest absolute Gasteiger partial charge is 0.381 e. The number of nitrogens with zero attached hydrogens (tertiary/aromatic N) is 1. The van der Waals surface area contributed by atoms with Gasteiger partial charge in [-0.15, -0.1) is 0 Å². The fraction of sp³-hybridized carbons (Fsp3) is 0.500. The van der Waals surface area contributed by atoms with Crippen molar-refractivity contribution in [3.8, 4) is 0 Å². The van der Waals surface area contributed by atoms with E-state index >= 15 is 0 Å². The second-order valence-corrected chi connectivity index (χ2v) is 4.67. The normalized spacial score (nSPS) is 19.3. The van der Waals surface area contributed by atoms with Gasteiger partial charge < -0.3 is 9.64 Å². The molecule has 2 rings (SSSR count). The Morgan fingerprint density at radius 2 is 2.24 bits per heavy atom. The highest BCUT2D eigenvalue weighted by molar-refractivity contribution is 5.86. The van der Waals surface area contributed by atoms with Gasteiger partial charge in [-0.05, 0) is 25.0 Å². The topological polar surface area (TPSA) is 29.5 Å². The lowest BCUT2D eigenvalue weighted by Gasteiger charge is -2.21. The van der Waals surface area contributed by atoms with E-state index in [1.165, 1.54) is 5.56 Å². The Labute approximate surface area is 102 Å². The highest BCUT2D eigenvalue weighted by atomic mass is 16.5. The average molecular weight is 233 g/mol. The smallest absolute Gasteiger partial charge is 0.157 e. The van der Waals surface area contributed by atoms with E-state index in [9.17, 15) is 4.79 Å². The van der Waals surface area contributed by atoms with Crippen molar-refractivity contribution >= 4 is 11.5 Å². The number of rotatable bonds is 4. The fourth-order valence-corrected chi connectivity index (χ4v) is 2.23. The van der Waals surface area contributed by atoms with E-state index in [4.69, 9.17) is 4.74 Å². The fourth-order valence-electron chi connectivity index (χ4n) is 2.23. The van der Waals surface area contributed by atoms with E-state index in [1.807, 2.05) is 30.1 Å². The molecule has 0 radical (unpaired) electrons. The number of ether oxygens (including phenoxy) is 1. The molecule has 0 saturated carbocycles. The molecule has 1 saturated heterocycles. The summed E-state index contributed by atoms with van der Waals surface area (Å²) in [6, 6.07) is 8.13. The zero-order chi connectivity index (χ0) is 12.3. The van der Waals surface area contributed by atoms with Crippen molar-refractivity contribution in [1.29, 1.82) is 0 Å². The standard InChI is InChI=1S/C14H19NO2/c1-11-5-3-4-6-13(11)15(2)9-14(16)12-7-8-17-10-12/h3-6,12H,7-10H2,1-2H3. The lowest BCUT2D eigenvalue weighted by Crippen LogP contribution is -2.30. The van der Waals surface area contributed by atoms with Gasteiger partial charge in [0.15, 0.2) is 5.78 Å². The maximum Gasteiger partial charge on any atom is 0.157 e. The number of ketones is 1. The van der Waals surface area contributed by atoms with E-state index in [0.717, 1.165) is 18.7 Å². The molecular formula is C14H19NO2. The van der Waals surface area contributed by atoms with Crippen molar-refractivity contribution in [3.05, 3.63) is 29.8 Å². The summed E-state index contributed by atoms with van der Waals surface area (Å²) in [4.78, 5) is 14.0. The first-order chi connectivity index (χ1) is 8.18. The van der Waals surface area contributed by atoms with Gasteiger partial charge in [0.2, 0.25) is 0 Å². The van der Waals surface area contributed by atoms with Crippen LogP contribution in [0.25, 0.3) is 0 Å². The number of hydrogen-bond donors (Lipinski definition) is 0. The van der Waals surface area contributed by atoms with Crippen LogP contribution in [0.3, 0.4) is 0 Å². The first-order valence-electron chi connectivity index (χ1n) is 6.05. The molecule has 1 heterocycles. The van der Waals surface area contributed by atoms with Gasteiger partial charge in [-0.25, -0.2) is 0 Å². The van der Waals surface area contributed by atoms with Gasteiger partial charge in [0.1, 0.15) is 0 Å². The molecule has 1 aliphatic heterocycles. The van der Waals surface area contributed by atoms with Gasteiger partial charge in [-0.2, -0.15) is 0 Å². The minimum absolute atomic E-state index is 0.0986. The molecule has 1 fully saturated rings. The Morgan fingerprint density at radius 3 is 2.88 bits per heavy atom. The minimum Gasteiger partial charge on any atom is -0.381 e. The van der Waals surface area contributed by atoms with Gasteiger partial charge in [0, 0.05) is 25.3 Å². The number of carbonyl (C=O) groups is 1. The van der Waals surface area contributed by atoms with Gasteiger partial charge in [0.05, 0.1) is 13.2 Å². The summed E-state index contributed by atoms with van der Waals surface area (Å²) in [7, 11) is 1.97. The van der Waals surface area contributed by atoms with E-state index in [2.05, 4.69) is 13.0 Å². The van der Waals surface area contributed by atoms with Crippen molar-refractivity contribution < 1.29 is 9.53 Å². The second kappa shape index (κ2) is 5.32.